The fraction of sp³-hybridized carbons (Fsp3) is 0.0769. The number of ether oxygens (including phenoxy) is 1. The van der Waals surface area contributed by atoms with Crippen molar-refractivity contribution in [2.45, 2.75) is 0 Å². The second-order valence-corrected chi connectivity index (χ2v) is 3.71. The smallest absolute Gasteiger partial charge is 0.358 e. The molecule has 1 aromatic carbocycles. The molecular formula is C13H9FN4O2. The Bertz CT molecular complexity index is 697. The highest BCUT2D eigenvalue weighted by Gasteiger charge is 2.10. The summed E-state index contributed by atoms with van der Waals surface area (Å²) >= 11 is 0. The van der Waals surface area contributed by atoms with E-state index in [2.05, 4.69) is 20.0 Å². The van der Waals surface area contributed by atoms with Gasteiger partial charge in [-0.15, -0.1) is 0 Å². The number of nitriles is 1. The highest BCUT2D eigenvalue weighted by Crippen LogP contribution is 2.19. The molecule has 0 radical (unpaired) electrons. The maximum Gasteiger partial charge on any atom is 0.358 e. The fourth-order valence-electron chi connectivity index (χ4n) is 1.45. The van der Waals surface area contributed by atoms with E-state index in [1.54, 1.807) is 0 Å². The number of halogens is 1. The van der Waals surface area contributed by atoms with Crippen LogP contribution in [0.3, 0.4) is 0 Å². The third-order valence-corrected chi connectivity index (χ3v) is 2.39. The van der Waals surface area contributed by atoms with Gasteiger partial charge in [0.1, 0.15) is 11.6 Å². The minimum Gasteiger partial charge on any atom is -0.464 e. The minimum atomic E-state index is -0.638. The van der Waals surface area contributed by atoms with Crippen molar-refractivity contribution in [1.82, 2.24) is 9.97 Å². The van der Waals surface area contributed by atoms with Crippen molar-refractivity contribution in [3.8, 4) is 6.07 Å². The van der Waals surface area contributed by atoms with E-state index in [9.17, 15) is 9.18 Å². The van der Waals surface area contributed by atoms with Gasteiger partial charge in [-0.25, -0.2) is 14.2 Å². The van der Waals surface area contributed by atoms with E-state index in [0.29, 0.717) is 0 Å². The first kappa shape index (κ1) is 13.4. The molecule has 6 nitrogen and oxygen atoms in total. The van der Waals surface area contributed by atoms with Crippen molar-refractivity contribution >= 4 is 17.5 Å². The number of rotatable bonds is 3. The zero-order valence-electron chi connectivity index (χ0n) is 10.4. The number of esters is 1. The van der Waals surface area contributed by atoms with Gasteiger partial charge in [-0.3, -0.25) is 4.98 Å². The van der Waals surface area contributed by atoms with Crippen LogP contribution in [0.2, 0.25) is 0 Å². The summed E-state index contributed by atoms with van der Waals surface area (Å²) in [5.41, 5.74) is 0.342. The molecule has 1 heterocycles. The molecule has 0 aliphatic heterocycles. The van der Waals surface area contributed by atoms with Gasteiger partial charge in [-0.1, -0.05) is 0 Å². The van der Waals surface area contributed by atoms with E-state index in [0.717, 1.165) is 6.07 Å². The van der Waals surface area contributed by atoms with E-state index < -0.39 is 11.8 Å². The van der Waals surface area contributed by atoms with Crippen molar-refractivity contribution in [1.29, 1.82) is 5.26 Å². The summed E-state index contributed by atoms with van der Waals surface area (Å²) in [5.74, 6) is -1.05. The molecule has 0 saturated carbocycles. The van der Waals surface area contributed by atoms with Crippen LogP contribution in [0.1, 0.15) is 16.1 Å². The van der Waals surface area contributed by atoms with Crippen LogP contribution in [-0.2, 0) is 4.74 Å². The molecule has 20 heavy (non-hydrogen) atoms. The topological polar surface area (TPSA) is 87.9 Å². The summed E-state index contributed by atoms with van der Waals surface area (Å²) in [4.78, 5) is 19.1. The van der Waals surface area contributed by atoms with E-state index in [-0.39, 0.29) is 22.8 Å². The van der Waals surface area contributed by atoms with Gasteiger partial charge in [0.2, 0.25) is 0 Å². The lowest BCUT2D eigenvalue weighted by atomic mass is 10.2. The van der Waals surface area contributed by atoms with E-state index in [1.807, 2.05) is 6.07 Å². The molecule has 0 aliphatic rings. The van der Waals surface area contributed by atoms with Gasteiger partial charge < -0.3 is 10.1 Å². The fourth-order valence-corrected chi connectivity index (χ4v) is 1.45. The zero-order valence-corrected chi connectivity index (χ0v) is 10.4. The summed E-state index contributed by atoms with van der Waals surface area (Å²) in [6.07, 6.45) is 2.58. The van der Waals surface area contributed by atoms with Crippen LogP contribution < -0.4 is 5.32 Å². The van der Waals surface area contributed by atoms with Crippen LogP contribution in [0.4, 0.5) is 15.9 Å². The van der Waals surface area contributed by atoms with Crippen molar-refractivity contribution < 1.29 is 13.9 Å². The summed E-state index contributed by atoms with van der Waals surface area (Å²) in [6, 6.07) is 5.80. The largest absolute Gasteiger partial charge is 0.464 e. The van der Waals surface area contributed by atoms with Gasteiger partial charge in [0.05, 0.1) is 36.8 Å². The average molecular weight is 272 g/mol. The van der Waals surface area contributed by atoms with Gasteiger partial charge in [0, 0.05) is 0 Å². The number of hydrogen-bond acceptors (Lipinski definition) is 6. The van der Waals surface area contributed by atoms with E-state index in [1.165, 1.54) is 31.6 Å². The molecule has 1 N–H and O–H groups in total. The van der Waals surface area contributed by atoms with Crippen molar-refractivity contribution in [2.24, 2.45) is 0 Å². The molecule has 0 spiro atoms. The first-order valence-electron chi connectivity index (χ1n) is 5.51. The molecule has 0 unspecified atom stereocenters. The number of nitrogens with zero attached hydrogens (tertiary/aromatic N) is 3. The lowest BCUT2D eigenvalue weighted by molar-refractivity contribution is 0.0593. The highest BCUT2D eigenvalue weighted by atomic mass is 19.1. The van der Waals surface area contributed by atoms with Gasteiger partial charge in [-0.05, 0) is 18.2 Å². The molecular weight excluding hydrogens is 263 g/mol. The Labute approximate surface area is 113 Å². The van der Waals surface area contributed by atoms with Gasteiger partial charge in [0.15, 0.2) is 5.69 Å². The Kier molecular flexibility index (Phi) is 3.86. The first-order valence-corrected chi connectivity index (χ1v) is 5.51. The standard InChI is InChI=1S/C13H9FN4O2/c1-20-13(19)11-6-16-7-12(18-11)17-10-3-2-8(5-15)4-9(10)14/h2-4,6-7H,1H3,(H,17,18). The lowest BCUT2D eigenvalue weighted by Gasteiger charge is -2.07. The molecule has 0 atom stereocenters. The van der Waals surface area contributed by atoms with Crippen LogP contribution in [0.25, 0.3) is 0 Å². The number of anilines is 2. The number of benzene rings is 1. The van der Waals surface area contributed by atoms with Crippen molar-refractivity contribution in [3.05, 3.63) is 47.7 Å². The molecule has 0 aliphatic carbocycles. The Hall–Kier alpha value is -3.01. The number of aromatic nitrogens is 2. The summed E-state index contributed by atoms with van der Waals surface area (Å²) in [6.45, 7) is 0. The molecule has 100 valence electrons. The summed E-state index contributed by atoms with van der Waals surface area (Å²) < 4.78 is 18.2. The SMILES string of the molecule is COC(=O)c1cncc(Nc2ccc(C#N)cc2F)n1. The number of carbonyl (C=O) groups excluding carboxylic acids is 1. The average Bonchev–Trinajstić information content (AvgIpc) is 2.48. The molecule has 2 rings (SSSR count). The van der Waals surface area contributed by atoms with Crippen LogP contribution in [0.15, 0.2) is 30.6 Å². The quantitative estimate of drug-likeness (QED) is 0.860. The Morgan fingerprint density at radius 3 is 2.90 bits per heavy atom. The lowest BCUT2D eigenvalue weighted by Crippen LogP contribution is -2.07. The van der Waals surface area contributed by atoms with Crippen molar-refractivity contribution in [2.75, 3.05) is 12.4 Å². The van der Waals surface area contributed by atoms with Crippen LogP contribution in [-0.4, -0.2) is 23.0 Å². The van der Waals surface area contributed by atoms with Crippen LogP contribution >= 0.6 is 0 Å². The summed E-state index contributed by atoms with van der Waals surface area (Å²) in [5, 5.41) is 11.3. The Morgan fingerprint density at radius 1 is 1.45 bits per heavy atom. The normalized spacial score (nSPS) is 9.65. The third-order valence-electron chi connectivity index (χ3n) is 2.39. The Morgan fingerprint density at radius 2 is 2.25 bits per heavy atom. The van der Waals surface area contributed by atoms with Crippen LogP contribution in [0, 0.1) is 17.1 Å². The molecule has 1 aromatic heterocycles. The van der Waals surface area contributed by atoms with Crippen LogP contribution in [0.5, 0.6) is 0 Å². The van der Waals surface area contributed by atoms with Gasteiger partial charge in [0.25, 0.3) is 0 Å². The minimum absolute atomic E-state index is 0.00607. The maximum absolute atomic E-state index is 13.7. The molecule has 0 fully saturated rings. The highest BCUT2D eigenvalue weighted by molar-refractivity contribution is 5.87. The molecule has 0 amide bonds. The first-order chi connectivity index (χ1) is 9.63. The maximum atomic E-state index is 13.7. The monoisotopic (exact) mass is 272 g/mol. The predicted molar refractivity (Wildman–Crippen MR) is 67.8 cm³/mol. The van der Waals surface area contributed by atoms with E-state index in [4.69, 9.17) is 5.26 Å². The summed E-state index contributed by atoms with van der Waals surface area (Å²) in [7, 11) is 1.23. The molecule has 2 aromatic rings. The molecule has 7 heteroatoms. The number of nitrogens with one attached hydrogen (secondary N) is 1. The van der Waals surface area contributed by atoms with E-state index >= 15 is 0 Å². The number of methoxy groups -OCH3 is 1. The van der Waals surface area contributed by atoms with Gasteiger partial charge in [-0.2, -0.15) is 5.26 Å². The Balaban J connectivity index is 2.26. The third kappa shape index (κ3) is 2.87. The molecule has 0 saturated heterocycles. The zero-order chi connectivity index (χ0) is 14.5. The predicted octanol–water partition coefficient (Wildman–Crippen LogP) is 2.02. The van der Waals surface area contributed by atoms with Crippen molar-refractivity contribution in [3.63, 3.8) is 0 Å². The molecule has 0 bridgehead atoms. The van der Waals surface area contributed by atoms with Gasteiger partial charge >= 0.3 is 5.97 Å². The number of carbonyl (C=O) groups is 1. The number of hydrogen-bond donors (Lipinski definition) is 1. The second-order valence-electron chi connectivity index (χ2n) is 3.71. The second kappa shape index (κ2) is 5.75.